The van der Waals surface area contributed by atoms with Gasteiger partial charge in [0.05, 0.1) is 36.2 Å². The third-order valence-corrected chi connectivity index (χ3v) is 4.59. The second kappa shape index (κ2) is 9.96. The zero-order valence-electron chi connectivity index (χ0n) is 18.6. The Labute approximate surface area is 182 Å². The predicted octanol–water partition coefficient (Wildman–Crippen LogP) is 3.13. The number of aryl methyl sites for hydroxylation is 1. The lowest BCUT2D eigenvalue weighted by Gasteiger charge is -2.20. The lowest BCUT2D eigenvalue weighted by Crippen LogP contribution is -2.16. The van der Waals surface area contributed by atoms with Crippen molar-refractivity contribution in [3.63, 3.8) is 0 Å². The van der Waals surface area contributed by atoms with E-state index in [0.29, 0.717) is 42.1 Å². The first-order valence-electron chi connectivity index (χ1n) is 10.3. The number of aromatic nitrogens is 6. The van der Waals surface area contributed by atoms with E-state index in [2.05, 4.69) is 30.9 Å². The Bertz CT molecular complexity index is 1050. The summed E-state index contributed by atoms with van der Waals surface area (Å²) in [7, 11) is 3.63. The van der Waals surface area contributed by atoms with Crippen LogP contribution in [0.4, 0.5) is 11.5 Å². The average Bonchev–Trinajstić information content (AvgIpc) is 3.20. The molecule has 164 valence electrons. The molecule has 3 aromatic heterocycles. The van der Waals surface area contributed by atoms with Crippen LogP contribution in [-0.2, 0) is 13.6 Å². The minimum absolute atomic E-state index is 0.0271. The molecule has 0 amide bonds. The number of rotatable bonds is 10. The van der Waals surface area contributed by atoms with Gasteiger partial charge in [0.15, 0.2) is 5.82 Å². The van der Waals surface area contributed by atoms with Crippen molar-refractivity contribution in [1.82, 2.24) is 29.9 Å². The van der Waals surface area contributed by atoms with E-state index in [1.54, 1.807) is 24.3 Å². The van der Waals surface area contributed by atoms with E-state index in [9.17, 15) is 0 Å². The molecule has 0 fully saturated rings. The Morgan fingerprint density at radius 2 is 2.13 bits per heavy atom. The van der Waals surface area contributed by atoms with Crippen molar-refractivity contribution < 1.29 is 4.74 Å². The molecule has 0 unspecified atom stereocenters. The fourth-order valence-electron chi connectivity index (χ4n) is 3.02. The summed E-state index contributed by atoms with van der Waals surface area (Å²) >= 11 is 0. The van der Waals surface area contributed by atoms with E-state index in [0.717, 1.165) is 23.2 Å². The fraction of sp³-hybridized carbons (Fsp3) is 0.429. The summed E-state index contributed by atoms with van der Waals surface area (Å²) in [5.74, 6) is 1.72. The Hall–Kier alpha value is -3.56. The van der Waals surface area contributed by atoms with E-state index in [4.69, 9.17) is 15.1 Å². The molecular formula is C21H29N9O. The highest BCUT2D eigenvalue weighted by molar-refractivity contribution is 6.08. The minimum Gasteiger partial charge on any atom is -0.476 e. The molecule has 0 aliphatic carbocycles. The monoisotopic (exact) mass is 423 g/mol. The predicted molar refractivity (Wildman–Crippen MR) is 121 cm³/mol. The Balaban J connectivity index is 2.08. The van der Waals surface area contributed by atoms with Crippen LogP contribution in [0.5, 0.6) is 5.88 Å². The van der Waals surface area contributed by atoms with Crippen LogP contribution in [0.1, 0.15) is 38.6 Å². The maximum Gasteiger partial charge on any atom is 0.242 e. The van der Waals surface area contributed by atoms with Crippen LogP contribution in [0.15, 0.2) is 24.7 Å². The quantitative estimate of drug-likeness (QED) is 0.425. The molecular weight excluding hydrogens is 394 g/mol. The van der Waals surface area contributed by atoms with Gasteiger partial charge in [0.2, 0.25) is 5.88 Å². The summed E-state index contributed by atoms with van der Waals surface area (Å²) in [5.41, 5.74) is 3.37. The number of hydrogen-bond acceptors (Lipinski definition) is 9. The van der Waals surface area contributed by atoms with Gasteiger partial charge in [-0.1, -0.05) is 20.8 Å². The molecule has 0 aromatic carbocycles. The van der Waals surface area contributed by atoms with Crippen molar-refractivity contribution in [3.8, 4) is 17.1 Å². The molecule has 10 nitrogen and oxygen atoms in total. The molecule has 0 atom stereocenters. The Kier molecular flexibility index (Phi) is 7.11. The summed E-state index contributed by atoms with van der Waals surface area (Å²) in [5, 5.41) is 27.6. The number of pyridine rings is 1. The number of nitrogens with zero attached hydrogens (tertiary/aromatic N) is 6. The largest absolute Gasteiger partial charge is 0.476 e. The topological polar surface area (TPSA) is 127 Å². The van der Waals surface area contributed by atoms with Crippen molar-refractivity contribution in [2.45, 2.75) is 33.7 Å². The van der Waals surface area contributed by atoms with Crippen molar-refractivity contribution >= 4 is 17.2 Å². The van der Waals surface area contributed by atoms with Gasteiger partial charge in [-0.25, -0.2) is 9.97 Å². The molecule has 10 heteroatoms. The molecule has 0 aliphatic heterocycles. The van der Waals surface area contributed by atoms with Gasteiger partial charge in [-0.05, 0) is 24.5 Å². The maximum absolute atomic E-state index is 8.66. The second-order valence-electron chi connectivity index (χ2n) is 7.38. The summed E-state index contributed by atoms with van der Waals surface area (Å²) < 4.78 is 7.44. The smallest absolute Gasteiger partial charge is 0.242 e. The second-order valence-corrected chi connectivity index (χ2v) is 7.38. The van der Waals surface area contributed by atoms with Gasteiger partial charge in [-0.2, -0.15) is 10.2 Å². The highest BCUT2D eigenvalue weighted by Crippen LogP contribution is 2.34. The lowest BCUT2D eigenvalue weighted by molar-refractivity contribution is 0.303. The first kappa shape index (κ1) is 22.1. The van der Waals surface area contributed by atoms with Gasteiger partial charge < -0.3 is 20.8 Å². The molecule has 3 N–H and O–H groups in total. The van der Waals surface area contributed by atoms with Crippen LogP contribution in [-0.4, -0.2) is 49.3 Å². The van der Waals surface area contributed by atoms with E-state index < -0.39 is 0 Å². The first-order chi connectivity index (χ1) is 14.9. The Morgan fingerprint density at radius 3 is 2.77 bits per heavy atom. The third kappa shape index (κ3) is 5.14. The minimum atomic E-state index is 0.0271. The molecule has 0 bridgehead atoms. The molecule has 3 rings (SSSR count). The summed E-state index contributed by atoms with van der Waals surface area (Å²) in [6, 6.07) is 3.74. The number of nitrogens with one attached hydrogen (secondary N) is 3. The molecule has 0 aliphatic rings. The zero-order chi connectivity index (χ0) is 22.4. The molecule has 0 saturated carbocycles. The fourth-order valence-corrected chi connectivity index (χ4v) is 3.02. The van der Waals surface area contributed by atoms with Gasteiger partial charge in [0.25, 0.3) is 0 Å². The van der Waals surface area contributed by atoms with E-state index >= 15 is 0 Å². The first-order valence-corrected chi connectivity index (χ1v) is 10.3. The molecule has 3 aromatic rings. The van der Waals surface area contributed by atoms with Crippen molar-refractivity contribution in [2.24, 2.45) is 13.0 Å². The van der Waals surface area contributed by atoms with Gasteiger partial charge >= 0.3 is 0 Å². The molecule has 0 radical (unpaired) electrons. The van der Waals surface area contributed by atoms with Gasteiger partial charge in [0.1, 0.15) is 12.1 Å². The van der Waals surface area contributed by atoms with E-state index in [-0.39, 0.29) is 5.92 Å². The number of anilines is 2. The van der Waals surface area contributed by atoms with E-state index in [1.807, 2.05) is 40.0 Å². The van der Waals surface area contributed by atoms with Crippen LogP contribution >= 0.6 is 0 Å². The third-order valence-electron chi connectivity index (χ3n) is 4.59. The summed E-state index contributed by atoms with van der Waals surface area (Å²) in [6.07, 6.45) is 4.13. The van der Waals surface area contributed by atoms with Crippen molar-refractivity contribution in [2.75, 3.05) is 24.3 Å². The Morgan fingerprint density at radius 1 is 1.32 bits per heavy atom. The highest BCUT2D eigenvalue weighted by Gasteiger charge is 2.21. The van der Waals surface area contributed by atoms with E-state index in [1.165, 1.54) is 0 Å². The van der Waals surface area contributed by atoms with Crippen LogP contribution in [0.2, 0.25) is 0 Å². The normalized spacial score (nSPS) is 10.9. The van der Waals surface area contributed by atoms with Gasteiger partial charge in [0, 0.05) is 25.5 Å². The van der Waals surface area contributed by atoms with Crippen LogP contribution in [0.25, 0.3) is 11.3 Å². The molecule has 3 heterocycles. The standard InChI is InChI=1S/C21H29N9O/c1-6-9-31-21-14(7-8-26-28-21)15-10-16(24-11-17-25-12-30(5)29-17)18(19(22)13(2)3)20(23-4)27-15/h7-8,10,12-13,22H,6,9,11H2,1-5H3,(H2,23,24,27). The average molecular weight is 424 g/mol. The number of ether oxygens (including phenoxy) is 1. The molecule has 0 saturated heterocycles. The number of hydrogen-bond donors (Lipinski definition) is 3. The highest BCUT2D eigenvalue weighted by atomic mass is 16.5. The van der Waals surface area contributed by atoms with Crippen LogP contribution in [0.3, 0.4) is 0 Å². The summed E-state index contributed by atoms with van der Waals surface area (Å²) in [6.45, 7) is 6.97. The van der Waals surface area contributed by atoms with Crippen molar-refractivity contribution in [1.29, 1.82) is 5.41 Å². The SMILES string of the molecule is CCCOc1nnccc1-c1cc(NCc2ncn(C)n2)c(C(=N)C(C)C)c(NC)n1. The van der Waals surface area contributed by atoms with Gasteiger partial charge in [-0.15, -0.1) is 5.10 Å². The zero-order valence-corrected chi connectivity index (χ0v) is 18.6. The van der Waals surface area contributed by atoms with Crippen LogP contribution in [0, 0.1) is 11.3 Å². The van der Waals surface area contributed by atoms with Gasteiger partial charge in [-0.3, -0.25) is 4.68 Å². The lowest BCUT2D eigenvalue weighted by atomic mass is 9.97. The maximum atomic E-state index is 8.66. The van der Waals surface area contributed by atoms with Crippen LogP contribution < -0.4 is 15.4 Å². The summed E-state index contributed by atoms with van der Waals surface area (Å²) in [4.78, 5) is 9.06. The molecule has 0 spiro atoms. The molecule has 31 heavy (non-hydrogen) atoms. The van der Waals surface area contributed by atoms with Crippen molar-refractivity contribution in [3.05, 3.63) is 36.0 Å².